The predicted molar refractivity (Wildman–Crippen MR) is 102 cm³/mol. The summed E-state index contributed by atoms with van der Waals surface area (Å²) in [5, 5.41) is 2.83. The fourth-order valence-electron chi connectivity index (χ4n) is 2.31. The summed E-state index contributed by atoms with van der Waals surface area (Å²) in [5.41, 5.74) is 0.567. The van der Waals surface area contributed by atoms with Crippen LogP contribution in [0.5, 0.6) is 11.5 Å². The number of ether oxygens (including phenoxy) is 1. The number of likely N-dealkylation sites (N-methyl/N-ethyl adjacent to an activating group) is 1. The number of nitrogens with zero attached hydrogens (tertiary/aromatic N) is 2. The molecule has 2 rings (SSSR count). The maximum Gasteiger partial charge on any atom is 0.244 e. The summed E-state index contributed by atoms with van der Waals surface area (Å²) in [4.78, 5) is 27.7. The molecular formula is C20H25N3O3. The Labute approximate surface area is 154 Å². The van der Waals surface area contributed by atoms with Crippen molar-refractivity contribution in [2.24, 2.45) is 0 Å². The molecule has 138 valence electrons. The van der Waals surface area contributed by atoms with Crippen LogP contribution < -0.4 is 10.1 Å². The SMILES string of the molecule is CC(=O)N(CCN(C)C)CC(=O)Nc1ccccc1Oc1ccccc1. The maximum absolute atomic E-state index is 12.4. The van der Waals surface area contributed by atoms with E-state index in [2.05, 4.69) is 5.32 Å². The van der Waals surface area contributed by atoms with E-state index in [0.29, 0.717) is 30.3 Å². The molecule has 6 heteroatoms. The molecule has 0 spiro atoms. The second-order valence-corrected chi connectivity index (χ2v) is 6.20. The van der Waals surface area contributed by atoms with Crippen LogP contribution in [0.25, 0.3) is 0 Å². The molecule has 0 atom stereocenters. The number of nitrogens with one attached hydrogen (secondary N) is 1. The van der Waals surface area contributed by atoms with Gasteiger partial charge in [-0.05, 0) is 38.4 Å². The Balaban J connectivity index is 2.03. The van der Waals surface area contributed by atoms with E-state index in [4.69, 9.17) is 4.74 Å². The van der Waals surface area contributed by atoms with E-state index in [1.807, 2.05) is 61.5 Å². The first-order valence-electron chi connectivity index (χ1n) is 8.47. The van der Waals surface area contributed by atoms with Crippen molar-refractivity contribution in [1.82, 2.24) is 9.80 Å². The predicted octanol–water partition coefficient (Wildman–Crippen LogP) is 2.83. The van der Waals surface area contributed by atoms with Gasteiger partial charge in [-0.1, -0.05) is 30.3 Å². The van der Waals surface area contributed by atoms with E-state index in [1.165, 1.54) is 11.8 Å². The normalized spacial score (nSPS) is 10.5. The molecule has 0 aliphatic heterocycles. The number of hydrogen-bond donors (Lipinski definition) is 1. The quantitative estimate of drug-likeness (QED) is 0.791. The number of amides is 2. The zero-order chi connectivity index (χ0) is 18.9. The zero-order valence-electron chi connectivity index (χ0n) is 15.4. The lowest BCUT2D eigenvalue weighted by Gasteiger charge is -2.22. The molecule has 26 heavy (non-hydrogen) atoms. The lowest BCUT2D eigenvalue weighted by Crippen LogP contribution is -2.40. The third-order valence-corrected chi connectivity index (χ3v) is 3.73. The van der Waals surface area contributed by atoms with Crippen LogP contribution in [0.1, 0.15) is 6.92 Å². The molecule has 2 amide bonds. The summed E-state index contributed by atoms with van der Waals surface area (Å²) in [7, 11) is 3.85. The molecule has 6 nitrogen and oxygen atoms in total. The van der Waals surface area contributed by atoms with E-state index in [0.717, 1.165) is 0 Å². The van der Waals surface area contributed by atoms with Gasteiger partial charge in [0.2, 0.25) is 11.8 Å². The van der Waals surface area contributed by atoms with Gasteiger partial charge in [0.05, 0.1) is 12.2 Å². The molecule has 0 aliphatic carbocycles. The smallest absolute Gasteiger partial charge is 0.244 e. The van der Waals surface area contributed by atoms with Gasteiger partial charge < -0.3 is 19.9 Å². The number of para-hydroxylation sites is 3. The second-order valence-electron chi connectivity index (χ2n) is 6.20. The van der Waals surface area contributed by atoms with Crippen molar-refractivity contribution in [3.63, 3.8) is 0 Å². The highest BCUT2D eigenvalue weighted by atomic mass is 16.5. The number of anilines is 1. The highest BCUT2D eigenvalue weighted by Gasteiger charge is 2.15. The molecule has 2 aromatic carbocycles. The van der Waals surface area contributed by atoms with Gasteiger partial charge in [0.15, 0.2) is 5.75 Å². The molecular weight excluding hydrogens is 330 g/mol. The topological polar surface area (TPSA) is 61.9 Å². The molecule has 0 aromatic heterocycles. The Morgan fingerprint density at radius 1 is 0.962 bits per heavy atom. The molecule has 0 radical (unpaired) electrons. The van der Waals surface area contributed by atoms with E-state index in [9.17, 15) is 9.59 Å². The molecule has 2 aromatic rings. The lowest BCUT2D eigenvalue weighted by molar-refractivity contribution is -0.132. The zero-order valence-corrected chi connectivity index (χ0v) is 15.4. The number of carbonyl (C=O) groups is 2. The summed E-state index contributed by atoms with van der Waals surface area (Å²) in [6.45, 7) is 2.66. The van der Waals surface area contributed by atoms with Gasteiger partial charge >= 0.3 is 0 Å². The van der Waals surface area contributed by atoms with Crippen molar-refractivity contribution in [1.29, 1.82) is 0 Å². The third kappa shape index (κ3) is 6.22. The summed E-state index contributed by atoms with van der Waals surface area (Å²) >= 11 is 0. The van der Waals surface area contributed by atoms with Crippen LogP contribution in [0.15, 0.2) is 54.6 Å². The van der Waals surface area contributed by atoms with Crippen LogP contribution in [0.3, 0.4) is 0 Å². The van der Waals surface area contributed by atoms with Gasteiger partial charge in [-0.25, -0.2) is 0 Å². The number of carbonyl (C=O) groups excluding carboxylic acids is 2. The number of hydrogen-bond acceptors (Lipinski definition) is 4. The standard InChI is InChI=1S/C20H25N3O3/c1-16(24)23(14-13-22(2)3)15-20(25)21-18-11-7-8-12-19(18)26-17-9-5-4-6-10-17/h4-12H,13-15H2,1-3H3,(H,21,25). The molecule has 0 aliphatic rings. The van der Waals surface area contributed by atoms with Crippen molar-refractivity contribution >= 4 is 17.5 Å². The minimum atomic E-state index is -0.261. The van der Waals surface area contributed by atoms with Crippen LogP contribution in [0.2, 0.25) is 0 Å². The first-order valence-corrected chi connectivity index (χ1v) is 8.47. The average molecular weight is 355 g/mol. The van der Waals surface area contributed by atoms with Crippen molar-refractivity contribution < 1.29 is 14.3 Å². The summed E-state index contributed by atoms with van der Waals surface area (Å²) in [6.07, 6.45) is 0. The van der Waals surface area contributed by atoms with Gasteiger partial charge in [-0.15, -0.1) is 0 Å². The first-order chi connectivity index (χ1) is 12.5. The summed E-state index contributed by atoms with van der Waals surface area (Å²) in [6, 6.07) is 16.6. The van der Waals surface area contributed by atoms with Crippen LogP contribution in [0.4, 0.5) is 5.69 Å². The Kier molecular flexibility index (Phi) is 7.17. The Morgan fingerprint density at radius 3 is 2.27 bits per heavy atom. The van der Waals surface area contributed by atoms with Gasteiger partial charge in [0.25, 0.3) is 0 Å². The fourth-order valence-corrected chi connectivity index (χ4v) is 2.31. The lowest BCUT2D eigenvalue weighted by atomic mass is 10.2. The van der Waals surface area contributed by atoms with Crippen molar-refractivity contribution in [3.05, 3.63) is 54.6 Å². The molecule has 0 heterocycles. The van der Waals surface area contributed by atoms with Crippen LogP contribution in [-0.2, 0) is 9.59 Å². The van der Waals surface area contributed by atoms with Crippen LogP contribution in [-0.4, -0.2) is 55.3 Å². The van der Waals surface area contributed by atoms with Gasteiger partial charge in [0, 0.05) is 20.0 Å². The highest BCUT2D eigenvalue weighted by molar-refractivity contribution is 5.95. The first kappa shape index (κ1) is 19.5. The number of benzene rings is 2. The molecule has 0 bridgehead atoms. The monoisotopic (exact) mass is 355 g/mol. The highest BCUT2D eigenvalue weighted by Crippen LogP contribution is 2.28. The molecule has 0 fully saturated rings. The maximum atomic E-state index is 12.4. The molecule has 0 saturated heterocycles. The van der Waals surface area contributed by atoms with Crippen molar-refractivity contribution in [2.45, 2.75) is 6.92 Å². The van der Waals surface area contributed by atoms with E-state index in [1.54, 1.807) is 12.1 Å². The van der Waals surface area contributed by atoms with Crippen LogP contribution in [0, 0.1) is 0 Å². The Bertz CT molecular complexity index is 732. The van der Waals surface area contributed by atoms with E-state index in [-0.39, 0.29) is 18.4 Å². The third-order valence-electron chi connectivity index (χ3n) is 3.73. The van der Waals surface area contributed by atoms with E-state index >= 15 is 0 Å². The number of rotatable bonds is 8. The van der Waals surface area contributed by atoms with E-state index < -0.39 is 0 Å². The van der Waals surface area contributed by atoms with Crippen molar-refractivity contribution in [2.75, 3.05) is 39.0 Å². The minimum Gasteiger partial charge on any atom is -0.455 e. The molecule has 1 N–H and O–H groups in total. The minimum absolute atomic E-state index is 0.00282. The summed E-state index contributed by atoms with van der Waals surface area (Å²) < 4.78 is 5.84. The molecule has 0 unspecified atom stereocenters. The fraction of sp³-hybridized carbons (Fsp3) is 0.300. The largest absolute Gasteiger partial charge is 0.455 e. The van der Waals surface area contributed by atoms with Crippen molar-refractivity contribution in [3.8, 4) is 11.5 Å². The van der Waals surface area contributed by atoms with Gasteiger partial charge in [-0.2, -0.15) is 0 Å². The molecule has 0 saturated carbocycles. The Hall–Kier alpha value is -2.86. The Morgan fingerprint density at radius 2 is 1.62 bits per heavy atom. The van der Waals surface area contributed by atoms with Gasteiger partial charge in [-0.3, -0.25) is 9.59 Å². The second kappa shape index (κ2) is 9.58. The average Bonchev–Trinajstić information content (AvgIpc) is 2.61. The van der Waals surface area contributed by atoms with Gasteiger partial charge in [0.1, 0.15) is 5.75 Å². The van der Waals surface area contributed by atoms with Crippen LogP contribution >= 0.6 is 0 Å². The summed E-state index contributed by atoms with van der Waals surface area (Å²) in [5.74, 6) is 0.846.